The highest BCUT2D eigenvalue weighted by Crippen LogP contribution is 2.09. The molecule has 0 N–H and O–H groups in total. The number of allylic oxidation sites excluding steroid dienone is 1. The van der Waals surface area contributed by atoms with Crippen LogP contribution >= 0.6 is 0 Å². The van der Waals surface area contributed by atoms with E-state index in [1.54, 1.807) is 30.5 Å². The van der Waals surface area contributed by atoms with E-state index in [1.165, 1.54) is 6.20 Å². The van der Waals surface area contributed by atoms with Crippen LogP contribution in [0.2, 0.25) is 0 Å². The van der Waals surface area contributed by atoms with Crippen molar-refractivity contribution < 1.29 is 14.3 Å². The lowest BCUT2D eigenvalue weighted by Gasteiger charge is -2.12. The third-order valence-corrected chi connectivity index (χ3v) is 1.87. The molecule has 5 nitrogen and oxygen atoms in total. The van der Waals surface area contributed by atoms with Gasteiger partial charge in [-0.15, -0.1) is 0 Å². The SMILES string of the molecule is O=C(Oc1ccccn1)OC1CC=CC=N1. The van der Waals surface area contributed by atoms with Crippen LogP contribution in [0.1, 0.15) is 6.42 Å². The molecule has 1 aliphatic rings. The minimum atomic E-state index is -0.795. The van der Waals surface area contributed by atoms with Crippen molar-refractivity contribution in [3.63, 3.8) is 0 Å². The average molecular weight is 218 g/mol. The number of hydrogen-bond acceptors (Lipinski definition) is 5. The van der Waals surface area contributed by atoms with E-state index in [1.807, 2.05) is 6.08 Å². The molecule has 16 heavy (non-hydrogen) atoms. The van der Waals surface area contributed by atoms with Crippen LogP contribution in [0.5, 0.6) is 5.88 Å². The first kappa shape index (κ1) is 10.4. The van der Waals surface area contributed by atoms with Gasteiger partial charge < -0.3 is 9.47 Å². The number of rotatable bonds is 2. The summed E-state index contributed by atoms with van der Waals surface area (Å²) in [5, 5.41) is 0. The predicted molar refractivity (Wildman–Crippen MR) is 57.4 cm³/mol. The average Bonchev–Trinajstić information content (AvgIpc) is 2.31. The van der Waals surface area contributed by atoms with Gasteiger partial charge in [-0.1, -0.05) is 12.1 Å². The van der Waals surface area contributed by atoms with E-state index in [-0.39, 0.29) is 5.88 Å². The van der Waals surface area contributed by atoms with Crippen molar-refractivity contribution in [3.8, 4) is 5.88 Å². The van der Waals surface area contributed by atoms with Crippen LogP contribution in [-0.4, -0.2) is 23.6 Å². The summed E-state index contributed by atoms with van der Waals surface area (Å²) >= 11 is 0. The zero-order valence-electron chi connectivity index (χ0n) is 8.45. The fraction of sp³-hybridized carbons (Fsp3) is 0.182. The molecule has 0 aromatic carbocycles. The van der Waals surface area contributed by atoms with E-state index in [9.17, 15) is 4.79 Å². The maximum absolute atomic E-state index is 11.3. The first-order valence-corrected chi connectivity index (χ1v) is 4.82. The first-order chi connectivity index (χ1) is 7.84. The van der Waals surface area contributed by atoms with Gasteiger partial charge in [0.25, 0.3) is 0 Å². The van der Waals surface area contributed by atoms with E-state index in [0.717, 1.165) is 0 Å². The fourth-order valence-corrected chi connectivity index (χ4v) is 1.17. The van der Waals surface area contributed by atoms with Crippen molar-refractivity contribution in [2.45, 2.75) is 12.6 Å². The Balaban J connectivity index is 1.85. The molecule has 2 heterocycles. The number of dihydropyridines is 1. The zero-order chi connectivity index (χ0) is 11.2. The Morgan fingerprint density at radius 2 is 2.38 bits per heavy atom. The lowest BCUT2D eigenvalue weighted by molar-refractivity contribution is 0.0618. The van der Waals surface area contributed by atoms with Gasteiger partial charge in [-0.05, 0) is 12.1 Å². The number of carbonyl (C=O) groups excluding carboxylic acids is 1. The predicted octanol–water partition coefficient (Wildman–Crippen LogP) is 1.95. The van der Waals surface area contributed by atoms with Crippen LogP contribution in [0.3, 0.4) is 0 Å². The van der Waals surface area contributed by atoms with Crippen LogP contribution in [0.25, 0.3) is 0 Å². The summed E-state index contributed by atoms with van der Waals surface area (Å²) < 4.78 is 9.79. The number of nitrogens with zero attached hydrogens (tertiary/aromatic N) is 2. The van der Waals surface area contributed by atoms with Gasteiger partial charge in [0.2, 0.25) is 5.88 Å². The second-order valence-corrected chi connectivity index (χ2v) is 3.05. The summed E-state index contributed by atoms with van der Waals surface area (Å²) in [4.78, 5) is 19.1. The van der Waals surface area contributed by atoms with E-state index in [0.29, 0.717) is 6.42 Å². The lowest BCUT2D eigenvalue weighted by atomic mass is 10.3. The Morgan fingerprint density at radius 3 is 3.06 bits per heavy atom. The third kappa shape index (κ3) is 2.91. The Hall–Kier alpha value is -2.17. The summed E-state index contributed by atoms with van der Waals surface area (Å²) in [6.45, 7) is 0. The Morgan fingerprint density at radius 1 is 1.44 bits per heavy atom. The number of hydrogen-bond donors (Lipinski definition) is 0. The maximum Gasteiger partial charge on any atom is 0.517 e. The van der Waals surface area contributed by atoms with Crippen LogP contribution in [0.4, 0.5) is 4.79 Å². The summed E-state index contributed by atoms with van der Waals surface area (Å²) in [6.07, 6.45) is 6.05. The molecule has 5 heteroatoms. The number of aliphatic imine (C=N–C) groups is 1. The minimum Gasteiger partial charge on any atom is -0.408 e. The lowest BCUT2D eigenvalue weighted by Crippen LogP contribution is -2.20. The van der Waals surface area contributed by atoms with Gasteiger partial charge >= 0.3 is 6.16 Å². The molecule has 1 unspecified atom stereocenters. The molecule has 82 valence electrons. The van der Waals surface area contributed by atoms with Crippen LogP contribution in [0.15, 0.2) is 41.5 Å². The number of pyridine rings is 1. The van der Waals surface area contributed by atoms with E-state index in [2.05, 4.69) is 9.98 Å². The zero-order valence-corrected chi connectivity index (χ0v) is 8.45. The number of aromatic nitrogens is 1. The fourth-order valence-electron chi connectivity index (χ4n) is 1.17. The highest BCUT2D eigenvalue weighted by molar-refractivity contribution is 5.72. The molecule has 0 saturated heterocycles. The molecule has 0 spiro atoms. The molecule has 1 aromatic heterocycles. The van der Waals surface area contributed by atoms with Gasteiger partial charge in [-0.2, -0.15) is 0 Å². The Kier molecular flexibility index (Phi) is 3.28. The monoisotopic (exact) mass is 218 g/mol. The van der Waals surface area contributed by atoms with Crippen LogP contribution < -0.4 is 4.74 Å². The molecule has 0 amide bonds. The van der Waals surface area contributed by atoms with E-state index < -0.39 is 12.4 Å². The van der Waals surface area contributed by atoms with Crippen molar-refractivity contribution in [2.24, 2.45) is 4.99 Å². The topological polar surface area (TPSA) is 60.8 Å². The maximum atomic E-state index is 11.3. The molecule has 0 saturated carbocycles. The van der Waals surface area contributed by atoms with Crippen molar-refractivity contribution in [1.82, 2.24) is 4.98 Å². The van der Waals surface area contributed by atoms with Gasteiger partial charge in [0.05, 0.1) is 0 Å². The van der Waals surface area contributed by atoms with Crippen molar-refractivity contribution >= 4 is 12.4 Å². The molecule has 2 rings (SSSR count). The van der Waals surface area contributed by atoms with Gasteiger partial charge in [0.15, 0.2) is 6.23 Å². The second-order valence-electron chi connectivity index (χ2n) is 3.05. The summed E-state index contributed by atoms with van der Waals surface area (Å²) in [6, 6.07) is 5.02. The molecule has 0 bridgehead atoms. The van der Waals surface area contributed by atoms with Crippen molar-refractivity contribution in [1.29, 1.82) is 0 Å². The van der Waals surface area contributed by atoms with Crippen LogP contribution in [-0.2, 0) is 4.74 Å². The van der Waals surface area contributed by atoms with Gasteiger partial charge in [-0.25, -0.2) is 9.78 Å². The Labute approximate surface area is 92.4 Å². The Bertz CT molecular complexity index is 414. The largest absolute Gasteiger partial charge is 0.517 e. The molecule has 0 fully saturated rings. The first-order valence-electron chi connectivity index (χ1n) is 4.82. The normalized spacial score (nSPS) is 18.1. The molecule has 1 aromatic rings. The molecular formula is C11H10N2O3. The highest BCUT2D eigenvalue weighted by Gasteiger charge is 2.14. The minimum absolute atomic E-state index is 0.211. The second kappa shape index (κ2) is 5.06. The molecule has 0 radical (unpaired) electrons. The molecule has 1 aliphatic heterocycles. The van der Waals surface area contributed by atoms with Gasteiger partial charge in [0.1, 0.15) is 0 Å². The summed E-state index contributed by atoms with van der Waals surface area (Å²) in [7, 11) is 0. The standard InChI is InChI=1S/C11H10N2O3/c14-11(15-9-5-1-3-7-12-9)16-10-6-2-4-8-13-10/h1-5,7-8,10H,6H2. The van der Waals surface area contributed by atoms with E-state index in [4.69, 9.17) is 9.47 Å². The van der Waals surface area contributed by atoms with E-state index >= 15 is 0 Å². The third-order valence-electron chi connectivity index (χ3n) is 1.87. The summed E-state index contributed by atoms with van der Waals surface area (Å²) in [5.41, 5.74) is 0. The molecular weight excluding hydrogens is 208 g/mol. The highest BCUT2D eigenvalue weighted by atomic mass is 16.7. The molecule has 0 aliphatic carbocycles. The van der Waals surface area contributed by atoms with Crippen molar-refractivity contribution in [2.75, 3.05) is 0 Å². The van der Waals surface area contributed by atoms with Gasteiger partial charge in [-0.3, -0.25) is 4.99 Å². The van der Waals surface area contributed by atoms with Crippen molar-refractivity contribution in [3.05, 3.63) is 36.5 Å². The quantitative estimate of drug-likeness (QED) is 0.712. The van der Waals surface area contributed by atoms with Gasteiger partial charge in [0, 0.05) is 24.9 Å². The van der Waals surface area contributed by atoms with Crippen LogP contribution in [0, 0.1) is 0 Å². The molecule has 1 atom stereocenters. The smallest absolute Gasteiger partial charge is 0.408 e. The number of ether oxygens (including phenoxy) is 2. The number of carbonyl (C=O) groups is 1. The summed E-state index contributed by atoms with van der Waals surface area (Å²) in [5.74, 6) is 0.211.